The van der Waals surface area contributed by atoms with E-state index in [1.54, 1.807) is 6.20 Å². The van der Waals surface area contributed by atoms with Gasteiger partial charge in [0.2, 0.25) is 0 Å². The second-order valence-corrected chi connectivity index (χ2v) is 7.70. The lowest BCUT2D eigenvalue weighted by Gasteiger charge is -2.38. The molecule has 0 aromatic carbocycles. The molecule has 2 aliphatic heterocycles. The summed E-state index contributed by atoms with van der Waals surface area (Å²) in [6.45, 7) is 5.67. The second-order valence-electron chi connectivity index (χ2n) is 7.32. The van der Waals surface area contributed by atoms with Crippen LogP contribution in [0.25, 0.3) is 0 Å². The lowest BCUT2D eigenvalue weighted by molar-refractivity contribution is -0.716. The fourth-order valence-electron chi connectivity index (χ4n) is 3.64. The fourth-order valence-corrected chi connectivity index (χ4v) is 3.78. The molecule has 2 N–H and O–H groups in total. The summed E-state index contributed by atoms with van der Waals surface area (Å²) in [4.78, 5) is 14.4. The third-order valence-corrected chi connectivity index (χ3v) is 4.64. The van der Waals surface area contributed by atoms with Crippen LogP contribution in [0.5, 0.6) is 0 Å². The number of carbonyl (C=O) groups excluding carboxylic acids is 1. The van der Waals surface area contributed by atoms with E-state index in [4.69, 9.17) is 22.1 Å². The largest absolute Gasteiger partial charge is 0.444 e. The maximum absolute atomic E-state index is 12.5. The number of nitrogens with zero attached hydrogens (tertiary/aromatic N) is 4. The average Bonchev–Trinajstić information content (AvgIpc) is 2.71. The fraction of sp³-hybridized carbons (Fsp3) is 0.733. The summed E-state index contributed by atoms with van der Waals surface area (Å²) in [5.41, 5.74) is 5.46. The topological polar surface area (TPSA) is 85.2 Å². The predicted octanol–water partition coefficient (Wildman–Crippen LogP) is 2.10. The molecule has 0 aliphatic carbocycles. The van der Waals surface area contributed by atoms with Crippen molar-refractivity contribution < 1.29 is 14.1 Å². The highest BCUT2D eigenvalue weighted by molar-refractivity contribution is 6.29. The Hall–Kier alpha value is -1.63. The first-order valence-electron chi connectivity index (χ1n) is 7.96. The van der Waals surface area contributed by atoms with Gasteiger partial charge in [0.05, 0.1) is 6.04 Å². The minimum atomic E-state index is -0.477. The molecule has 2 fully saturated rings. The lowest BCUT2D eigenvalue weighted by Crippen LogP contribution is -2.54. The summed E-state index contributed by atoms with van der Waals surface area (Å²) in [6.07, 6.45) is 5.14. The standard InChI is InChI=1S/C15H22ClN5O2/c1-15(2,3)23-14(22)21-9-4-5-10(21)7-11(6-9)20-8-12(16)18-19-13(20)17/h8-11,17H,4-7H2,1-3H3/p+1. The first-order chi connectivity index (χ1) is 10.7. The highest BCUT2D eigenvalue weighted by Gasteiger charge is 2.46. The van der Waals surface area contributed by atoms with Crippen molar-refractivity contribution in [2.24, 2.45) is 0 Å². The number of rotatable bonds is 1. The molecule has 0 saturated carbocycles. The Morgan fingerprint density at radius 2 is 1.96 bits per heavy atom. The van der Waals surface area contributed by atoms with Gasteiger partial charge in [-0.15, -0.1) is 0 Å². The molecule has 0 spiro atoms. The zero-order chi connectivity index (χ0) is 16.8. The first kappa shape index (κ1) is 16.2. The van der Waals surface area contributed by atoms with Crippen molar-refractivity contribution in [3.05, 3.63) is 11.3 Å². The quantitative estimate of drug-likeness (QED) is 0.791. The average molecular weight is 341 g/mol. The van der Waals surface area contributed by atoms with Crippen LogP contribution in [0.1, 0.15) is 52.5 Å². The summed E-state index contributed by atoms with van der Waals surface area (Å²) >= 11 is 5.94. The van der Waals surface area contributed by atoms with Gasteiger partial charge in [0.15, 0.2) is 5.15 Å². The number of carbonyl (C=O) groups is 1. The van der Waals surface area contributed by atoms with Gasteiger partial charge in [-0.25, -0.2) is 9.36 Å². The van der Waals surface area contributed by atoms with Crippen molar-refractivity contribution in [3.63, 3.8) is 0 Å². The molecule has 1 aromatic heterocycles. The molecule has 7 nitrogen and oxygen atoms in total. The third kappa shape index (κ3) is 3.34. The smallest absolute Gasteiger partial charge is 0.412 e. The summed E-state index contributed by atoms with van der Waals surface area (Å²) in [5.74, 6) is 0.351. The van der Waals surface area contributed by atoms with Gasteiger partial charge in [-0.05, 0) is 33.6 Å². The van der Waals surface area contributed by atoms with Crippen molar-refractivity contribution in [1.82, 2.24) is 15.1 Å². The Bertz CT molecular complexity index is 604. The molecule has 2 saturated heterocycles. The number of anilines is 1. The molecule has 3 heterocycles. The Kier molecular flexibility index (Phi) is 4.08. The Balaban J connectivity index is 1.77. The van der Waals surface area contributed by atoms with E-state index in [1.807, 2.05) is 30.2 Å². The van der Waals surface area contributed by atoms with E-state index < -0.39 is 5.60 Å². The number of ether oxygens (including phenoxy) is 1. The first-order valence-corrected chi connectivity index (χ1v) is 8.33. The predicted molar refractivity (Wildman–Crippen MR) is 84.8 cm³/mol. The molecule has 8 heteroatoms. The van der Waals surface area contributed by atoms with Gasteiger partial charge >= 0.3 is 12.0 Å². The van der Waals surface area contributed by atoms with Crippen molar-refractivity contribution in [1.29, 1.82) is 0 Å². The van der Waals surface area contributed by atoms with Gasteiger partial charge in [0.1, 0.15) is 11.8 Å². The Morgan fingerprint density at radius 3 is 2.52 bits per heavy atom. The third-order valence-electron chi connectivity index (χ3n) is 4.46. The minimum Gasteiger partial charge on any atom is -0.444 e. The minimum absolute atomic E-state index is 0.174. The van der Waals surface area contributed by atoms with Crippen LogP contribution in [0, 0.1) is 0 Å². The van der Waals surface area contributed by atoms with E-state index in [0.717, 1.165) is 25.7 Å². The Labute approximate surface area is 140 Å². The number of aromatic nitrogens is 3. The molecular weight excluding hydrogens is 318 g/mol. The number of nitrogen functional groups attached to an aromatic ring is 1. The van der Waals surface area contributed by atoms with E-state index in [1.165, 1.54) is 0 Å². The molecule has 1 amide bonds. The number of hydrogen-bond acceptors (Lipinski definition) is 5. The normalized spacial score (nSPS) is 27.1. The van der Waals surface area contributed by atoms with Crippen LogP contribution < -0.4 is 10.3 Å². The monoisotopic (exact) mass is 340 g/mol. The summed E-state index contributed by atoms with van der Waals surface area (Å²) in [5, 5.41) is 7.96. The lowest BCUT2D eigenvalue weighted by atomic mass is 9.97. The number of amides is 1. The molecule has 23 heavy (non-hydrogen) atoms. The number of fused-ring (bicyclic) bond motifs is 2. The van der Waals surface area contributed by atoms with E-state index in [9.17, 15) is 4.79 Å². The number of nitrogens with two attached hydrogens (primary N) is 1. The van der Waals surface area contributed by atoms with Crippen molar-refractivity contribution >= 4 is 23.6 Å². The molecule has 2 atom stereocenters. The van der Waals surface area contributed by atoms with Crippen molar-refractivity contribution in [3.8, 4) is 0 Å². The van der Waals surface area contributed by atoms with Crippen LogP contribution in [-0.4, -0.2) is 38.9 Å². The van der Waals surface area contributed by atoms with Crippen LogP contribution >= 0.6 is 11.6 Å². The molecule has 2 bridgehead atoms. The van der Waals surface area contributed by atoms with Crippen LogP contribution in [0.4, 0.5) is 10.7 Å². The molecule has 1 aromatic rings. The van der Waals surface area contributed by atoms with E-state index >= 15 is 0 Å². The number of hydrogen-bond donors (Lipinski definition) is 1. The number of halogens is 1. The summed E-state index contributed by atoms with van der Waals surface area (Å²) < 4.78 is 7.44. The van der Waals surface area contributed by atoms with Crippen LogP contribution in [0.3, 0.4) is 0 Å². The van der Waals surface area contributed by atoms with E-state index in [0.29, 0.717) is 11.1 Å². The van der Waals surface area contributed by atoms with E-state index in [2.05, 4.69) is 10.2 Å². The van der Waals surface area contributed by atoms with Gasteiger partial charge in [-0.2, -0.15) is 0 Å². The van der Waals surface area contributed by atoms with Crippen LogP contribution in [0.15, 0.2) is 6.20 Å². The highest BCUT2D eigenvalue weighted by atomic mass is 35.5. The summed E-state index contributed by atoms with van der Waals surface area (Å²) in [6, 6.07) is 0.527. The van der Waals surface area contributed by atoms with Gasteiger partial charge in [-0.3, -0.25) is 5.73 Å². The number of piperidine rings is 1. The zero-order valence-electron chi connectivity index (χ0n) is 13.7. The second kappa shape index (κ2) is 5.78. The zero-order valence-corrected chi connectivity index (χ0v) is 14.5. The summed E-state index contributed by atoms with van der Waals surface area (Å²) in [7, 11) is 0. The molecule has 2 unspecified atom stereocenters. The van der Waals surface area contributed by atoms with Gasteiger partial charge in [0, 0.05) is 30.0 Å². The Morgan fingerprint density at radius 1 is 1.35 bits per heavy atom. The molecule has 3 rings (SSSR count). The molecule has 2 aliphatic rings. The molecule has 0 radical (unpaired) electrons. The van der Waals surface area contributed by atoms with Crippen LogP contribution in [0.2, 0.25) is 5.15 Å². The van der Waals surface area contributed by atoms with Crippen molar-refractivity contribution in [2.45, 2.75) is 70.2 Å². The SMILES string of the molecule is CC(C)(C)OC(=O)N1C2CCC1CC([n+]1cc(Cl)nnc1N)C2. The van der Waals surface area contributed by atoms with Gasteiger partial charge in [-0.1, -0.05) is 16.7 Å². The van der Waals surface area contributed by atoms with E-state index in [-0.39, 0.29) is 24.2 Å². The van der Waals surface area contributed by atoms with Crippen molar-refractivity contribution in [2.75, 3.05) is 5.73 Å². The van der Waals surface area contributed by atoms with Crippen LogP contribution in [-0.2, 0) is 4.74 Å². The molecular formula is C15H23ClN5O2+. The highest BCUT2D eigenvalue weighted by Crippen LogP contribution is 2.39. The van der Waals surface area contributed by atoms with Gasteiger partial charge in [0.25, 0.3) is 0 Å². The maximum Gasteiger partial charge on any atom is 0.412 e. The van der Waals surface area contributed by atoms with Gasteiger partial charge < -0.3 is 9.64 Å². The maximum atomic E-state index is 12.5. The molecule has 126 valence electrons.